The number of nitrogens with one attached hydrogen (secondary N) is 1. The smallest absolute Gasteiger partial charge is 0.356 e. The second-order valence-corrected chi connectivity index (χ2v) is 11.8. The number of carbonyl (C=O) groups is 1. The fourth-order valence-corrected chi connectivity index (χ4v) is 6.06. The molecule has 0 aromatic carbocycles. The molecule has 0 aliphatic carbocycles. The topological polar surface area (TPSA) is 84.9 Å². The standard InChI is InChI=1S/C28H56NO5P/c1-3-5-7-9-15-18-22-26-27(34-35(31,32)33-26)23-19-16-13-11-10-12-14-17-20-24-28(30)29-25-21-8-6-4-2/h26-27H,3-25H2,1-2H3,(H,29,30)(H,31,32). The van der Waals surface area contributed by atoms with E-state index in [4.69, 9.17) is 9.05 Å². The second kappa shape index (κ2) is 21.6. The Morgan fingerprint density at radius 3 is 1.54 bits per heavy atom. The van der Waals surface area contributed by atoms with Crippen LogP contribution in [0, 0.1) is 0 Å². The van der Waals surface area contributed by atoms with Crippen molar-refractivity contribution in [3.8, 4) is 0 Å². The Bertz CT molecular complexity index is 559. The van der Waals surface area contributed by atoms with Crippen molar-refractivity contribution in [2.24, 2.45) is 0 Å². The molecule has 3 unspecified atom stereocenters. The van der Waals surface area contributed by atoms with Gasteiger partial charge in [-0.1, -0.05) is 123 Å². The Morgan fingerprint density at radius 1 is 0.657 bits per heavy atom. The molecule has 35 heavy (non-hydrogen) atoms. The highest BCUT2D eigenvalue weighted by Gasteiger charge is 2.42. The van der Waals surface area contributed by atoms with E-state index in [9.17, 15) is 14.3 Å². The zero-order chi connectivity index (χ0) is 25.6. The van der Waals surface area contributed by atoms with E-state index in [1.807, 2.05) is 0 Å². The molecule has 1 fully saturated rings. The van der Waals surface area contributed by atoms with Gasteiger partial charge < -0.3 is 10.2 Å². The molecule has 1 heterocycles. The molecule has 2 N–H and O–H groups in total. The zero-order valence-corrected chi connectivity index (χ0v) is 23.8. The molecule has 0 bridgehead atoms. The third-order valence-corrected chi connectivity index (χ3v) is 8.11. The van der Waals surface area contributed by atoms with Gasteiger partial charge in [0.15, 0.2) is 0 Å². The monoisotopic (exact) mass is 517 g/mol. The van der Waals surface area contributed by atoms with Crippen LogP contribution in [0.25, 0.3) is 0 Å². The highest BCUT2D eigenvalue weighted by molar-refractivity contribution is 7.47. The lowest BCUT2D eigenvalue weighted by Gasteiger charge is -2.15. The maximum absolute atomic E-state index is 11.9. The molecule has 7 heteroatoms. The highest BCUT2D eigenvalue weighted by Crippen LogP contribution is 2.54. The Labute approximate surface area is 216 Å². The fourth-order valence-electron chi connectivity index (χ4n) is 4.84. The van der Waals surface area contributed by atoms with Crippen molar-refractivity contribution in [3.05, 3.63) is 0 Å². The SMILES string of the molecule is CCCCCCCCC1OP(=O)(O)OC1CCCCCCCCCCCC(=O)NCCCCCC. The summed E-state index contributed by atoms with van der Waals surface area (Å²) < 4.78 is 22.6. The molecule has 0 saturated carbocycles. The predicted molar refractivity (Wildman–Crippen MR) is 146 cm³/mol. The minimum absolute atomic E-state index is 0.213. The Kier molecular flexibility index (Phi) is 20.2. The molecule has 1 amide bonds. The fraction of sp³-hybridized carbons (Fsp3) is 0.964. The van der Waals surface area contributed by atoms with E-state index in [2.05, 4.69) is 19.2 Å². The molecule has 3 atom stereocenters. The first-order valence-corrected chi connectivity index (χ1v) is 16.4. The van der Waals surface area contributed by atoms with Crippen LogP contribution in [0.4, 0.5) is 0 Å². The van der Waals surface area contributed by atoms with Gasteiger partial charge in [-0.3, -0.25) is 13.8 Å². The van der Waals surface area contributed by atoms with Crippen molar-refractivity contribution in [1.82, 2.24) is 5.32 Å². The molecule has 1 aliphatic rings. The van der Waals surface area contributed by atoms with E-state index >= 15 is 0 Å². The van der Waals surface area contributed by atoms with Crippen LogP contribution in [-0.2, 0) is 18.4 Å². The average molecular weight is 518 g/mol. The number of rotatable bonds is 24. The Hall–Kier alpha value is -0.420. The van der Waals surface area contributed by atoms with E-state index in [0.29, 0.717) is 6.42 Å². The van der Waals surface area contributed by atoms with Crippen molar-refractivity contribution >= 4 is 13.7 Å². The molecule has 6 nitrogen and oxygen atoms in total. The number of hydrogen-bond donors (Lipinski definition) is 2. The molecule has 0 aromatic heterocycles. The molecular weight excluding hydrogens is 461 g/mol. The third-order valence-electron chi connectivity index (χ3n) is 7.04. The van der Waals surface area contributed by atoms with Crippen molar-refractivity contribution < 1.29 is 23.3 Å². The van der Waals surface area contributed by atoms with Crippen LogP contribution in [0.2, 0.25) is 0 Å². The maximum atomic E-state index is 11.9. The quantitative estimate of drug-likeness (QED) is 0.0989. The van der Waals surface area contributed by atoms with E-state index < -0.39 is 7.82 Å². The zero-order valence-electron chi connectivity index (χ0n) is 22.9. The molecule has 208 valence electrons. The van der Waals surface area contributed by atoms with Gasteiger partial charge in [-0.05, 0) is 25.7 Å². The summed E-state index contributed by atoms with van der Waals surface area (Å²) in [4.78, 5) is 21.6. The summed E-state index contributed by atoms with van der Waals surface area (Å²) in [5.74, 6) is 0.213. The van der Waals surface area contributed by atoms with Gasteiger partial charge in [-0.25, -0.2) is 4.57 Å². The van der Waals surface area contributed by atoms with Crippen LogP contribution in [0.3, 0.4) is 0 Å². The lowest BCUT2D eigenvalue weighted by atomic mass is 9.99. The summed E-state index contributed by atoms with van der Waals surface area (Å²) in [5.41, 5.74) is 0. The number of amides is 1. The third kappa shape index (κ3) is 18.5. The highest BCUT2D eigenvalue weighted by atomic mass is 31.2. The van der Waals surface area contributed by atoms with Gasteiger partial charge in [0.2, 0.25) is 5.91 Å². The first-order chi connectivity index (χ1) is 17.0. The van der Waals surface area contributed by atoms with Gasteiger partial charge in [-0.15, -0.1) is 0 Å². The summed E-state index contributed by atoms with van der Waals surface area (Å²) >= 11 is 0. The van der Waals surface area contributed by atoms with Crippen molar-refractivity contribution in [2.75, 3.05) is 6.54 Å². The van der Waals surface area contributed by atoms with Gasteiger partial charge >= 0.3 is 7.82 Å². The number of carbonyl (C=O) groups excluding carboxylic acids is 1. The average Bonchev–Trinajstić information content (AvgIpc) is 3.12. The lowest BCUT2D eigenvalue weighted by molar-refractivity contribution is -0.121. The van der Waals surface area contributed by atoms with Gasteiger partial charge in [-0.2, -0.15) is 0 Å². The molecule has 0 radical (unpaired) electrons. The van der Waals surface area contributed by atoms with E-state index in [1.54, 1.807) is 0 Å². The van der Waals surface area contributed by atoms with Gasteiger partial charge in [0, 0.05) is 13.0 Å². The molecule has 1 rings (SSSR count). The molecule has 0 aromatic rings. The van der Waals surface area contributed by atoms with Crippen LogP contribution in [0.1, 0.15) is 155 Å². The van der Waals surface area contributed by atoms with Crippen LogP contribution in [0.15, 0.2) is 0 Å². The number of hydrogen-bond acceptors (Lipinski definition) is 4. The van der Waals surface area contributed by atoms with Crippen molar-refractivity contribution in [1.29, 1.82) is 0 Å². The minimum atomic E-state index is -3.84. The van der Waals surface area contributed by atoms with Crippen molar-refractivity contribution in [3.63, 3.8) is 0 Å². The van der Waals surface area contributed by atoms with E-state index in [0.717, 1.165) is 64.3 Å². The van der Waals surface area contributed by atoms with Crippen LogP contribution in [0.5, 0.6) is 0 Å². The summed E-state index contributed by atoms with van der Waals surface area (Å²) in [5, 5.41) is 3.03. The molecule has 0 spiro atoms. The molecule has 1 saturated heterocycles. The van der Waals surface area contributed by atoms with Crippen molar-refractivity contribution in [2.45, 2.75) is 167 Å². The lowest BCUT2D eigenvalue weighted by Crippen LogP contribution is -2.23. The second-order valence-electron chi connectivity index (χ2n) is 10.4. The van der Waals surface area contributed by atoms with Crippen LogP contribution in [-0.4, -0.2) is 29.6 Å². The van der Waals surface area contributed by atoms with E-state index in [1.165, 1.54) is 77.0 Å². The molecule has 1 aliphatic heterocycles. The number of unbranched alkanes of at least 4 members (excludes halogenated alkanes) is 16. The Balaban J connectivity index is 1.95. The van der Waals surface area contributed by atoms with Gasteiger partial charge in [0.1, 0.15) is 0 Å². The summed E-state index contributed by atoms with van der Waals surface area (Å²) in [6.07, 6.45) is 24.3. The van der Waals surface area contributed by atoms with Gasteiger partial charge in [0.25, 0.3) is 0 Å². The predicted octanol–water partition coefficient (Wildman–Crippen LogP) is 8.61. The van der Waals surface area contributed by atoms with Gasteiger partial charge in [0.05, 0.1) is 12.2 Å². The van der Waals surface area contributed by atoms with E-state index in [-0.39, 0.29) is 18.1 Å². The normalized spacial score (nSPS) is 22.0. The summed E-state index contributed by atoms with van der Waals surface area (Å²) in [7, 11) is -3.84. The first kappa shape index (κ1) is 32.6. The van der Waals surface area contributed by atoms with Crippen LogP contribution < -0.4 is 5.32 Å². The number of phosphoric acid groups is 1. The first-order valence-electron chi connectivity index (χ1n) is 14.9. The number of phosphoric ester groups is 1. The summed E-state index contributed by atoms with van der Waals surface area (Å²) in [6, 6.07) is 0. The van der Waals surface area contributed by atoms with Crippen LogP contribution >= 0.6 is 7.82 Å². The largest absolute Gasteiger partial charge is 0.472 e. The minimum Gasteiger partial charge on any atom is -0.356 e. The molecular formula is C28H56NO5P. The maximum Gasteiger partial charge on any atom is 0.472 e. The summed E-state index contributed by atoms with van der Waals surface area (Å²) in [6.45, 7) is 5.25. The Morgan fingerprint density at radius 2 is 1.06 bits per heavy atom.